The average molecular weight is 393 g/mol. The quantitative estimate of drug-likeness (QED) is 0.629. The van der Waals surface area contributed by atoms with Crippen LogP contribution < -0.4 is 16.4 Å². The molecule has 5 heteroatoms. The zero-order valence-electron chi connectivity index (χ0n) is 17.1. The van der Waals surface area contributed by atoms with Crippen molar-refractivity contribution in [1.29, 1.82) is 0 Å². The van der Waals surface area contributed by atoms with E-state index in [2.05, 4.69) is 15.5 Å². The van der Waals surface area contributed by atoms with Crippen LogP contribution in [0.4, 0.5) is 17.1 Å². The van der Waals surface area contributed by atoms with Gasteiger partial charge in [0.15, 0.2) is 0 Å². The fourth-order valence-electron chi connectivity index (χ4n) is 4.61. The summed E-state index contributed by atoms with van der Waals surface area (Å²) in [5.41, 5.74) is 8.82. The Morgan fingerprint density at radius 2 is 1.76 bits per heavy atom. The predicted octanol–water partition coefficient (Wildman–Crippen LogP) is 4.59. The van der Waals surface area contributed by atoms with Crippen molar-refractivity contribution in [3.63, 3.8) is 0 Å². The minimum Gasteiger partial charge on any atom is -0.397 e. The highest BCUT2D eigenvalue weighted by Gasteiger charge is 2.25. The number of hydrogen-bond acceptors (Lipinski definition) is 4. The highest BCUT2D eigenvalue weighted by Crippen LogP contribution is 2.26. The Bertz CT molecular complexity index is 814. The van der Waals surface area contributed by atoms with Gasteiger partial charge in [-0.25, -0.2) is 0 Å². The minimum absolute atomic E-state index is 0.144. The number of nitrogens with two attached hydrogens (primary N) is 1. The van der Waals surface area contributed by atoms with Crippen molar-refractivity contribution >= 4 is 23.0 Å². The van der Waals surface area contributed by atoms with Gasteiger partial charge in [-0.3, -0.25) is 4.79 Å². The van der Waals surface area contributed by atoms with Crippen LogP contribution in [0, 0.1) is 5.92 Å². The van der Waals surface area contributed by atoms with E-state index in [0.717, 1.165) is 18.2 Å². The fraction of sp³-hybridized carbons (Fsp3) is 0.458. The van der Waals surface area contributed by atoms with Crippen molar-refractivity contribution < 1.29 is 4.79 Å². The number of para-hydroxylation sites is 2. The van der Waals surface area contributed by atoms with Gasteiger partial charge in [0.25, 0.3) is 5.91 Å². The molecule has 4 N–H and O–H groups in total. The number of carbonyl (C=O) groups excluding carboxylic acids is 1. The van der Waals surface area contributed by atoms with E-state index >= 15 is 0 Å². The molecule has 0 radical (unpaired) electrons. The third-order valence-electron chi connectivity index (χ3n) is 6.24. The van der Waals surface area contributed by atoms with Gasteiger partial charge in [0.2, 0.25) is 0 Å². The molecule has 1 heterocycles. The Morgan fingerprint density at radius 3 is 2.52 bits per heavy atom. The number of amides is 1. The van der Waals surface area contributed by atoms with Crippen molar-refractivity contribution in [2.24, 2.45) is 5.92 Å². The van der Waals surface area contributed by atoms with Crippen LogP contribution in [0.25, 0.3) is 0 Å². The molecule has 2 aromatic rings. The third-order valence-corrected chi connectivity index (χ3v) is 6.24. The summed E-state index contributed by atoms with van der Waals surface area (Å²) < 4.78 is 0. The first-order valence-electron chi connectivity index (χ1n) is 10.9. The maximum atomic E-state index is 12.5. The highest BCUT2D eigenvalue weighted by molar-refractivity contribution is 6.05. The molecule has 0 aromatic heterocycles. The Balaban J connectivity index is 1.27. The van der Waals surface area contributed by atoms with Gasteiger partial charge in [-0.2, -0.15) is 0 Å². The van der Waals surface area contributed by atoms with E-state index in [1.54, 1.807) is 6.07 Å². The molecule has 29 heavy (non-hydrogen) atoms. The van der Waals surface area contributed by atoms with Crippen LogP contribution in [0.5, 0.6) is 0 Å². The van der Waals surface area contributed by atoms with E-state index in [1.165, 1.54) is 51.6 Å². The summed E-state index contributed by atoms with van der Waals surface area (Å²) in [5, 5.41) is 6.51. The van der Waals surface area contributed by atoms with Crippen LogP contribution in [-0.2, 0) is 0 Å². The van der Waals surface area contributed by atoms with Crippen LogP contribution in [0.1, 0.15) is 48.9 Å². The predicted molar refractivity (Wildman–Crippen MR) is 120 cm³/mol. The van der Waals surface area contributed by atoms with Gasteiger partial charge in [-0.1, -0.05) is 31.4 Å². The molecule has 2 aromatic carbocycles. The molecule has 0 unspecified atom stereocenters. The molecule has 1 aliphatic carbocycles. The van der Waals surface area contributed by atoms with E-state index in [-0.39, 0.29) is 5.91 Å². The number of carbonyl (C=O) groups is 1. The number of rotatable bonds is 6. The third kappa shape index (κ3) is 5.30. The standard InChI is InChI=1S/C24H32N4O/c25-22-8-4-5-9-23(22)27-24(29)19-10-12-20(13-11-19)26-21-14-15-28(17-21)16-18-6-2-1-3-7-18/h4-5,8-13,18,21,26H,1-3,6-7,14-17,25H2,(H,27,29)/t21-/m0/s1. The fourth-order valence-corrected chi connectivity index (χ4v) is 4.61. The molecular weight excluding hydrogens is 360 g/mol. The molecular formula is C24H32N4O. The van der Waals surface area contributed by atoms with Gasteiger partial charge < -0.3 is 21.3 Å². The summed E-state index contributed by atoms with van der Waals surface area (Å²) >= 11 is 0. The number of nitrogens with zero attached hydrogens (tertiary/aromatic N) is 1. The molecule has 4 rings (SSSR count). The average Bonchev–Trinajstić information content (AvgIpc) is 3.17. The number of nitrogens with one attached hydrogen (secondary N) is 2. The molecule has 1 aliphatic heterocycles. The van der Waals surface area contributed by atoms with Crippen LogP contribution >= 0.6 is 0 Å². The lowest BCUT2D eigenvalue weighted by atomic mass is 9.89. The second-order valence-corrected chi connectivity index (χ2v) is 8.51. The zero-order valence-corrected chi connectivity index (χ0v) is 17.1. The van der Waals surface area contributed by atoms with E-state index in [1.807, 2.05) is 42.5 Å². The van der Waals surface area contributed by atoms with Gasteiger partial charge in [0.1, 0.15) is 0 Å². The molecule has 2 fully saturated rings. The zero-order chi connectivity index (χ0) is 20.1. The minimum atomic E-state index is -0.144. The van der Waals surface area contributed by atoms with Gasteiger partial charge in [0.05, 0.1) is 11.4 Å². The monoisotopic (exact) mass is 392 g/mol. The van der Waals surface area contributed by atoms with E-state index in [0.29, 0.717) is 23.0 Å². The normalized spacial score (nSPS) is 20.5. The summed E-state index contributed by atoms with van der Waals surface area (Å²) in [6.07, 6.45) is 8.25. The molecule has 1 amide bonds. The molecule has 0 spiro atoms. The Morgan fingerprint density at radius 1 is 1.00 bits per heavy atom. The second kappa shape index (κ2) is 9.31. The number of hydrogen-bond donors (Lipinski definition) is 3. The SMILES string of the molecule is Nc1ccccc1NC(=O)c1ccc(N[C@H]2CCN(CC3CCCCC3)C2)cc1. The molecule has 154 valence electrons. The van der Waals surface area contributed by atoms with Gasteiger partial charge in [-0.05, 0) is 61.6 Å². The first-order valence-corrected chi connectivity index (χ1v) is 10.9. The number of benzene rings is 2. The van der Waals surface area contributed by atoms with Crippen LogP contribution in [0.3, 0.4) is 0 Å². The first-order chi connectivity index (χ1) is 14.2. The van der Waals surface area contributed by atoms with E-state index in [9.17, 15) is 4.79 Å². The summed E-state index contributed by atoms with van der Waals surface area (Å²) in [7, 11) is 0. The maximum Gasteiger partial charge on any atom is 0.255 e. The van der Waals surface area contributed by atoms with Gasteiger partial charge >= 0.3 is 0 Å². The van der Waals surface area contributed by atoms with Crippen LogP contribution in [0.15, 0.2) is 48.5 Å². The summed E-state index contributed by atoms with van der Waals surface area (Å²) in [4.78, 5) is 15.1. The Kier molecular flexibility index (Phi) is 6.35. The second-order valence-electron chi connectivity index (χ2n) is 8.51. The summed E-state index contributed by atoms with van der Waals surface area (Å²) in [6, 6.07) is 15.5. The molecule has 1 atom stereocenters. The van der Waals surface area contributed by atoms with Crippen LogP contribution in [0.2, 0.25) is 0 Å². The Labute approximate surface area is 173 Å². The van der Waals surface area contributed by atoms with Gasteiger partial charge in [0, 0.05) is 36.9 Å². The molecule has 1 saturated heterocycles. The summed E-state index contributed by atoms with van der Waals surface area (Å²) in [6.45, 7) is 3.57. The lowest BCUT2D eigenvalue weighted by molar-refractivity contribution is 0.102. The van der Waals surface area contributed by atoms with Crippen LogP contribution in [-0.4, -0.2) is 36.5 Å². The number of nitrogen functional groups attached to an aromatic ring is 1. The van der Waals surface area contributed by atoms with Crippen molar-refractivity contribution in [3.05, 3.63) is 54.1 Å². The molecule has 1 saturated carbocycles. The molecule has 5 nitrogen and oxygen atoms in total. The van der Waals surface area contributed by atoms with Crippen molar-refractivity contribution in [3.8, 4) is 0 Å². The van der Waals surface area contributed by atoms with Crippen molar-refractivity contribution in [1.82, 2.24) is 4.90 Å². The Hall–Kier alpha value is -2.53. The molecule has 2 aliphatic rings. The van der Waals surface area contributed by atoms with Crippen molar-refractivity contribution in [2.45, 2.75) is 44.6 Å². The smallest absolute Gasteiger partial charge is 0.255 e. The first kappa shape index (κ1) is 19.8. The topological polar surface area (TPSA) is 70.4 Å². The van der Waals surface area contributed by atoms with E-state index < -0.39 is 0 Å². The lowest BCUT2D eigenvalue weighted by Gasteiger charge is -2.26. The summed E-state index contributed by atoms with van der Waals surface area (Å²) in [5.74, 6) is 0.757. The maximum absolute atomic E-state index is 12.5. The largest absolute Gasteiger partial charge is 0.397 e. The number of anilines is 3. The van der Waals surface area contributed by atoms with Gasteiger partial charge in [-0.15, -0.1) is 0 Å². The molecule has 0 bridgehead atoms. The lowest BCUT2D eigenvalue weighted by Crippen LogP contribution is -2.31. The number of likely N-dealkylation sites (tertiary alicyclic amines) is 1. The highest BCUT2D eigenvalue weighted by atomic mass is 16.1. The van der Waals surface area contributed by atoms with Crippen molar-refractivity contribution in [2.75, 3.05) is 36.0 Å². The van der Waals surface area contributed by atoms with E-state index in [4.69, 9.17) is 5.73 Å².